The highest BCUT2D eigenvalue weighted by Gasteiger charge is 2.16. The number of likely N-dealkylation sites (tertiary alicyclic amines) is 1. The number of hydrogen-bond acceptors (Lipinski definition) is 2. The fourth-order valence-corrected chi connectivity index (χ4v) is 0.940. The molecule has 0 spiro atoms. The highest BCUT2D eigenvalue weighted by molar-refractivity contribution is 4.82. The number of hydrogen-bond donors (Lipinski definition) is 1. The SMILES string of the molecule is [O]CN1CC[C](O)CC1. The second-order valence-electron chi connectivity index (χ2n) is 2.31. The zero-order chi connectivity index (χ0) is 6.69. The van der Waals surface area contributed by atoms with Crippen LogP contribution in [-0.2, 0) is 5.11 Å². The maximum atomic E-state index is 10.2. The molecule has 1 heterocycles. The number of aliphatic hydroxyl groups is 1. The largest absolute Gasteiger partial charge is 0.387 e. The summed E-state index contributed by atoms with van der Waals surface area (Å²) in [7, 11) is 0. The molecule has 52 valence electrons. The predicted octanol–water partition coefficient (Wildman–Crippen LogP) is 0.375. The molecule has 0 aromatic carbocycles. The number of piperidine rings is 1. The van der Waals surface area contributed by atoms with E-state index >= 15 is 0 Å². The van der Waals surface area contributed by atoms with E-state index in [0.717, 1.165) is 13.1 Å². The molecule has 0 saturated carbocycles. The predicted molar refractivity (Wildman–Crippen MR) is 31.5 cm³/mol. The van der Waals surface area contributed by atoms with Crippen LogP contribution in [0.2, 0.25) is 0 Å². The Morgan fingerprint density at radius 3 is 2.44 bits per heavy atom. The lowest BCUT2D eigenvalue weighted by molar-refractivity contribution is 0.0291. The summed E-state index contributed by atoms with van der Waals surface area (Å²) in [6.45, 7) is 1.33. The fraction of sp³-hybridized carbons (Fsp3) is 0.833. The lowest BCUT2D eigenvalue weighted by Gasteiger charge is -2.25. The van der Waals surface area contributed by atoms with Crippen molar-refractivity contribution in [1.82, 2.24) is 4.90 Å². The van der Waals surface area contributed by atoms with Crippen LogP contribution in [0.15, 0.2) is 0 Å². The summed E-state index contributed by atoms with van der Waals surface area (Å²) in [4.78, 5) is 1.79. The van der Waals surface area contributed by atoms with Crippen LogP contribution in [0.4, 0.5) is 0 Å². The highest BCUT2D eigenvalue weighted by atomic mass is 16.3. The van der Waals surface area contributed by atoms with Crippen molar-refractivity contribution in [3.8, 4) is 0 Å². The lowest BCUT2D eigenvalue weighted by Crippen LogP contribution is -2.32. The van der Waals surface area contributed by atoms with E-state index in [1.807, 2.05) is 0 Å². The van der Waals surface area contributed by atoms with Crippen LogP contribution >= 0.6 is 0 Å². The summed E-state index contributed by atoms with van der Waals surface area (Å²) in [5, 5.41) is 19.1. The van der Waals surface area contributed by atoms with Gasteiger partial charge in [-0.1, -0.05) is 0 Å². The van der Waals surface area contributed by atoms with E-state index in [1.54, 1.807) is 4.90 Å². The first-order chi connectivity index (χ1) is 4.33. The van der Waals surface area contributed by atoms with E-state index in [-0.39, 0.29) is 6.73 Å². The topological polar surface area (TPSA) is 43.4 Å². The number of aliphatic hydroxyl groups excluding tert-OH is 1. The van der Waals surface area contributed by atoms with Crippen LogP contribution in [0, 0.1) is 6.10 Å². The van der Waals surface area contributed by atoms with Crippen LogP contribution in [-0.4, -0.2) is 29.8 Å². The summed E-state index contributed by atoms with van der Waals surface area (Å²) < 4.78 is 0. The molecule has 1 fully saturated rings. The highest BCUT2D eigenvalue weighted by Crippen LogP contribution is 2.14. The molecule has 0 bridgehead atoms. The molecule has 0 atom stereocenters. The second-order valence-corrected chi connectivity index (χ2v) is 2.31. The van der Waals surface area contributed by atoms with Gasteiger partial charge >= 0.3 is 0 Å². The molecular weight excluding hydrogens is 118 g/mol. The zero-order valence-corrected chi connectivity index (χ0v) is 5.34. The Morgan fingerprint density at radius 2 is 2.00 bits per heavy atom. The standard InChI is InChI=1S/C6H11NO2/c8-5-7-3-1-6(9)2-4-7/h9H,1-5H2. The molecule has 0 amide bonds. The van der Waals surface area contributed by atoms with Crippen LogP contribution in [0.25, 0.3) is 0 Å². The maximum absolute atomic E-state index is 10.2. The second kappa shape index (κ2) is 3.15. The molecule has 1 aliphatic rings. The summed E-state index contributed by atoms with van der Waals surface area (Å²) in [5.41, 5.74) is 0. The van der Waals surface area contributed by atoms with E-state index < -0.39 is 0 Å². The van der Waals surface area contributed by atoms with Gasteiger partial charge in [0.2, 0.25) is 0 Å². The molecule has 0 aliphatic carbocycles. The van der Waals surface area contributed by atoms with E-state index in [2.05, 4.69) is 0 Å². The van der Waals surface area contributed by atoms with E-state index in [1.165, 1.54) is 0 Å². The normalized spacial score (nSPS) is 24.7. The van der Waals surface area contributed by atoms with Crippen LogP contribution in [0.3, 0.4) is 0 Å². The minimum Gasteiger partial charge on any atom is -0.387 e. The van der Waals surface area contributed by atoms with Gasteiger partial charge in [-0.2, -0.15) is 0 Å². The number of nitrogens with zero attached hydrogens (tertiary/aromatic N) is 1. The Kier molecular flexibility index (Phi) is 2.45. The summed E-state index contributed by atoms with van der Waals surface area (Å²) >= 11 is 0. The molecule has 1 aliphatic heterocycles. The van der Waals surface area contributed by atoms with Crippen molar-refractivity contribution in [2.24, 2.45) is 0 Å². The summed E-state index contributed by atoms with van der Waals surface area (Å²) in [5.74, 6) is 0. The van der Waals surface area contributed by atoms with Gasteiger partial charge in [0, 0.05) is 13.1 Å². The Hall–Kier alpha value is -0.120. The first kappa shape index (κ1) is 6.99. The molecule has 1 rings (SSSR count). The Labute approximate surface area is 54.9 Å². The Morgan fingerprint density at radius 1 is 1.44 bits per heavy atom. The lowest BCUT2D eigenvalue weighted by atomic mass is 10.1. The van der Waals surface area contributed by atoms with E-state index in [9.17, 15) is 5.11 Å². The third kappa shape index (κ3) is 1.93. The third-order valence-electron chi connectivity index (χ3n) is 1.62. The van der Waals surface area contributed by atoms with E-state index in [0.29, 0.717) is 18.9 Å². The van der Waals surface area contributed by atoms with Crippen molar-refractivity contribution in [3.05, 3.63) is 6.10 Å². The van der Waals surface area contributed by atoms with Crippen LogP contribution in [0.1, 0.15) is 12.8 Å². The molecular formula is C6H11NO2. The Bertz CT molecular complexity index is 79.1. The molecule has 9 heavy (non-hydrogen) atoms. The smallest absolute Gasteiger partial charge is 0.135 e. The van der Waals surface area contributed by atoms with Gasteiger partial charge in [-0.25, -0.2) is 5.11 Å². The van der Waals surface area contributed by atoms with Gasteiger partial charge in [0.25, 0.3) is 0 Å². The fourth-order valence-electron chi connectivity index (χ4n) is 0.940. The van der Waals surface area contributed by atoms with Gasteiger partial charge in [0.15, 0.2) is 0 Å². The minimum absolute atomic E-state index is 0.132. The molecule has 3 heteroatoms. The van der Waals surface area contributed by atoms with Crippen molar-refractivity contribution in [2.45, 2.75) is 12.8 Å². The molecule has 1 saturated heterocycles. The molecule has 1 N–H and O–H groups in total. The quantitative estimate of drug-likeness (QED) is 0.556. The minimum atomic E-state index is -0.132. The van der Waals surface area contributed by atoms with Crippen molar-refractivity contribution < 1.29 is 10.2 Å². The van der Waals surface area contributed by atoms with E-state index in [4.69, 9.17) is 5.11 Å². The van der Waals surface area contributed by atoms with Crippen molar-refractivity contribution >= 4 is 0 Å². The Balaban J connectivity index is 2.18. The number of rotatable bonds is 1. The van der Waals surface area contributed by atoms with Crippen molar-refractivity contribution in [3.63, 3.8) is 0 Å². The summed E-state index contributed by atoms with van der Waals surface area (Å²) in [6.07, 6.45) is 1.91. The van der Waals surface area contributed by atoms with Gasteiger partial charge in [0.05, 0.1) is 6.10 Å². The van der Waals surface area contributed by atoms with Crippen molar-refractivity contribution in [1.29, 1.82) is 0 Å². The van der Waals surface area contributed by atoms with Crippen LogP contribution in [0.5, 0.6) is 0 Å². The van der Waals surface area contributed by atoms with Gasteiger partial charge < -0.3 is 5.11 Å². The molecule has 2 radical (unpaired) electrons. The van der Waals surface area contributed by atoms with Gasteiger partial charge in [-0.3, -0.25) is 4.90 Å². The van der Waals surface area contributed by atoms with Gasteiger partial charge in [-0.15, -0.1) is 0 Å². The summed E-state index contributed by atoms with van der Waals surface area (Å²) in [6, 6.07) is 0. The molecule has 0 aromatic heterocycles. The molecule has 3 nitrogen and oxygen atoms in total. The first-order valence-electron chi connectivity index (χ1n) is 3.17. The average molecular weight is 129 g/mol. The third-order valence-corrected chi connectivity index (χ3v) is 1.62. The average Bonchev–Trinajstić information content (AvgIpc) is 1.90. The van der Waals surface area contributed by atoms with Crippen molar-refractivity contribution in [2.75, 3.05) is 19.8 Å². The zero-order valence-electron chi connectivity index (χ0n) is 5.34. The molecule has 0 aromatic rings. The first-order valence-corrected chi connectivity index (χ1v) is 3.17. The van der Waals surface area contributed by atoms with Gasteiger partial charge in [-0.05, 0) is 12.8 Å². The van der Waals surface area contributed by atoms with Crippen LogP contribution < -0.4 is 0 Å². The maximum Gasteiger partial charge on any atom is 0.135 e. The molecule has 0 unspecified atom stereocenters. The van der Waals surface area contributed by atoms with Gasteiger partial charge in [0.1, 0.15) is 6.73 Å². The monoisotopic (exact) mass is 129 g/mol.